The Hall–Kier alpha value is -1.94. The summed E-state index contributed by atoms with van der Waals surface area (Å²) in [7, 11) is 0. The van der Waals surface area contributed by atoms with Crippen LogP contribution in [0.4, 0.5) is 5.69 Å². The van der Waals surface area contributed by atoms with E-state index in [4.69, 9.17) is 26.3 Å². The number of hydrogen-bond acceptors (Lipinski definition) is 4. The number of benzene rings is 1. The summed E-state index contributed by atoms with van der Waals surface area (Å²) in [5, 5.41) is 5.06. The van der Waals surface area contributed by atoms with Crippen LogP contribution in [0.25, 0.3) is 22.5 Å². The molecule has 0 bridgehead atoms. The number of nitrogens with zero attached hydrogens (tertiary/aromatic N) is 1. The van der Waals surface area contributed by atoms with Gasteiger partial charge in [-0.25, -0.2) is 0 Å². The molecule has 0 atom stereocenters. The van der Waals surface area contributed by atoms with Gasteiger partial charge in [0, 0.05) is 5.39 Å². The Balaban J connectivity index is 2.27. The molecule has 1 aromatic carbocycles. The second-order valence-corrected chi connectivity index (χ2v) is 3.79. The third-order valence-corrected chi connectivity index (χ3v) is 2.62. The lowest BCUT2D eigenvalue weighted by molar-refractivity contribution is 0.421. The Bertz CT molecular complexity index is 657. The summed E-state index contributed by atoms with van der Waals surface area (Å²) in [6, 6.07) is 7.34. The van der Waals surface area contributed by atoms with Crippen LogP contribution in [-0.4, -0.2) is 5.16 Å². The van der Waals surface area contributed by atoms with Crippen LogP contribution < -0.4 is 5.73 Å². The van der Waals surface area contributed by atoms with Crippen LogP contribution in [-0.2, 0) is 0 Å². The van der Waals surface area contributed by atoms with Gasteiger partial charge in [0.25, 0.3) is 0 Å². The fraction of sp³-hybridized carbons (Fsp3) is 0. The summed E-state index contributed by atoms with van der Waals surface area (Å²) in [6.45, 7) is 0. The molecule has 3 aromatic rings. The molecule has 5 heteroatoms. The summed E-state index contributed by atoms with van der Waals surface area (Å²) in [4.78, 5) is 0. The van der Waals surface area contributed by atoms with E-state index in [1.165, 1.54) is 6.20 Å². The van der Waals surface area contributed by atoms with Crippen LogP contribution >= 0.6 is 11.6 Å². The monoisotopic (exact) mass is 234 g/mol. The number of halogens is 1. The first kappa shape index (κ1) is 9.30. The molecule has 0 fully saturated rings. The van der Waals surface area contributed by atoms with E-state index < -0.39 is 0 Å². The normalized spacial score (nSPS) is 11.1. The van der Waals surface area contributed by atoms with Crippen molar-refractivity contribution in [3.8, 4) is 11.5 Å². The van der Waals surface area contributed by atoms with E-state index in [1.54, 1.807) is 6.07 Å². The summed E-state index contributed by atoms with van der Waals surface area (Å²) in [5.74, 6) is 0.949. The van der Waals surface area contributed by atoms with Crippen molar-refractivity contribution < 1.29 is 8.94 Å². The van der Waals surface area contributed by atoms with E-state index in [1.807, 2.05) is 18.2 Å². The number of nitrogens with two attached hydrogens (primary N) is 1. The molecule has 0 aliphatic carbocycles. The summed E-state index contributed by atoms with van der Waals surface area (Å²) >= 11 is 6.00. The quantitative estimate of drug-likeness (QED) is 0.701. The molecular weight excluding hydrogens is 228 g/mol. The molecule has 0 amide bonds. The van der Waals surface area contributed by atoms with Crippen LogP contribution in [0.2, 0.25) is 5.02 Å². The Kier molecular flexibility index (Phi) is 1.91. The number of para-hydroxylation sites is 1. The van der Waals surface area contributed by atoms with Crippen molar-refractivity contribution in [2.45, 2.75) is 0 Å². The smallest absolute Gasteiger partial charge is 0.224 e. The minimum atomic E-state index is 0.423. The van der Waals surface area contributed by atoms with E-state index in [-0.39, 0.29) is 0 Å². The first-order valence-corrected chi connectivity index (χ1v) is 5.02. The molecule has 0 aliphatic rings. The predicted octanol–water partition coefficient (Wildman–Crippen LogP) is 3.32. The average Bonchev–Trinajstić information content (AvgIpc) is 2.84. The Morgan fingerprint density at radius 1 is 1.31 bits per heavy atom. The minimum absolute atomic E-state index is 0.423. The summed E-state index contributed by atoms with van der Waals surface area (Å²) < 4.78 is 10.6. The number of hydrogen-bond donors (Lipinski definition) is 1. The second-order valence-electron chi connectivity index (χ2n) is 3.38. The van der Waals surface area contributed by atoms with Crippen LogP contribution in [0, 0.1) is 0 Å². The highest BCUT2D eigenvalue weighted by atomic mass is 35.5. The molecule has 0 unspecified atom stereocenters. The van der Waals surface area contributed by atoms with Crippen LogP contribution in [0.1, 0.15) is 0 Å². The van der Waals surface area contributed by atoms with Gasteiger partial charge in [0.2, 0.25) is 5.76 Å². The van der Waals surface area contributed by atoms with E-state index in [2.05, 4.69) is 5.16 Å². The average molecular weight is 235 g/mol. The van der Waals surface area contributed by atoms with Crippen LogP contribution in [0.15, 0.2) is 39.4 Å². The molecule has 16 heavy (non-hydrogen) atoms. The standard InChI is InChI=1S/C11H7ClN2O2/c12-7-3-1-2-6-4-9(15-10(6)7)11-8(13)5-14-16-11/h1-5H,13H2. The van der Waals surface area contributed by atoms with Crippen molar-refractivity contribution in [1.29, 1.82) is 0 Å². The van der Waals surface area contributed by atoms with E-state index in [9.17, 15) is 0 Å². The Morgan fingerprint density at radius 3 is 2.88 bits per heavy atom. The molecule has 2 aromatic heterocycles. The van der Waals surface area contributed by atoms with Crippen LogP contribution in [0.5, 0.6) is 0 Å². The highest BCUT2D eigenvalue weighted by Gasteiger charge is 2.14. The third-order valence-electron chi connectivity index (χ3n) is 2.32. The summed E-state index contributed by atoms with van der Waals surface area (Å²) in [6.07, 6.45) is 1.43. The van der Waals surface area contributed by atoms with Gasteiger partial charge in [-0.2, -0.15) is 0 Å². The van der Waals surface area contributed by atoms with Gasteiger partial charge in [-0.05, 0) is 12.1 Å². The molecule has 0 spiro atoms. The van der Waals surface area contributed by atoms with Crippen molar-refractivity contribution >= 4 is 28.3 Å². The molecule has 3 rings (SSSR count). The van der Waals surface area contributed by atoms with Gasteiger partial charge in [-0.15, -0.1) is 0 Å². The fourth-order valence-electron chi connectivity index (χ4n) is 1.57. The van der Waals surface area contributed by atoms with E-state index >= 15 is 0 Å². The lowest BCUT2D eigenvalue weighted by Gasteiger charge is -1.90. The number of furan rings is 1. The van der Waals surface area contributed by atoms with Crippen molar-refractivity contribution in [2.75, 3.05) is 5.73 Å². The minimum Gasteiger partial charge on any atom is -0.451 e. The molecule has 2 N–H and O–H groups in total. The van der Waals surface area contributed by atoms with Gasteiger partial charge < -0.3 is 14.7 Å². The summed E-state index contributed by atoms with van der Waals surface area (Å²) in [5.41, 5.74) is 6.74. The Morgan fingerprint density at radius 2 is 2.19 bits per heavy atom. The van der Waals surface area contributed by atoms with Gasteiger partial charge in [-0.1, -0.05) is 28.9 Å². The molecular formula is C11H7ClN2O2. The molecule has 0 saturated carbocycles. The van der Waals surface area contributed by atoms with Gasteiger partial charge in [0.1, 0.15) is 5.69 Å². The number of fused-ring (bicyclic) bond motifs is 1. The molecule has 2 heterocycles. The first-order chi connectivity index (χ1) is 7.75. The zero-order valence-electron chi connectivity index (χ0n) is 8.11. The number of anilines is 1. The van der Waals surface area contributed by atoms with Crippen molar-refractivity contribution in [3.63, 3.8) is 0 Å². The highest BCUT2D eigenvalue weighted by molar-refractivity contribution is 6.34. The van der Waals surface area contributed by atoms with Gasteiger partial charge in [0.15, 0.2) is 11.3 Å². The number of aromatic nitrogens is 1. The van der Waals surface area contributed by atoms with E-state index in [0.717, 1.165) is 5.39 Å². The first-order valence-electron chi connectivity index (χ1n) is 4.64. The predicted molar refractivity (Wildman–Crippen MR) is 61.1 cm³/mol. The number of nitrogen functional groups attached to an aromatic ring is 1. The SMILES string of the molecule is Nc1cnoc1-c1cc2cccc(Cl)c2o1. The zero-order chi connectivity index (χ0) is 11.1. The van der Waals surface area contributed by atoms with Gasteiger partial charge in [-0.3, -0.25) is 0 Å². The highest BCUT2D eigenvalue weighted by Crippen LogP contribution is 2.34. The van der Waals surface area contributed by atoms with Crippen molar-refractivity contribution in [2.24, 2.45) is 0 Å². The van der Waals surface area contributed by atoms with Crippen LogP contribution in [0.3, 0.4) is 0 Å². The molecule has 0 saturated heterocycles. The molecule has 0 aliphatic heterocycles. The third kappa shape index (κ3) is 1.27. The lowest BCUT2D eigenvalue weighted by Crippen LogP contribution is -1.82. The molecule has 80 valence electrons. The van der Waals surface area contributed by atoms with E-state index in [0.29, 0.717) is 27.8 Å². The zero-order valence-corrected chi connectivity index (χ0v) is 8.86. The van der Waals surface area contributed by atoms with Gasteiger partial charge in [0.05, 0.1) is 11.2 Å². The number of rotatable bonds is 1. The van der Waals surface area contributed by atoms with Crippen molar-refractivity contribution in [3.05, 3.63) is 35.5 Å². The maximum Gasteiger partial charge on any atom is 0.224 e. The second kappa shape index (κ2) is 3.28. The fourth-order valence-corrected chi connectivity index (χ4v) is 1.79. The lowest BCUT2D eigenvalue weighted by atomic mass is 10.2. The maximum atomic E-state index is 6.00. The largest absolute Gasteiger partial charge is 0.451 e. The Labute approximate surface area is 95.6 Å². The molecule has 4 nitrogen and oxygen atoms in total. The van der Waals surface area contributed by atoms with Crippen molar-refractivity contribution in [1.82, 2.24) is 5.16 Å². The van der Waals surface area contributed by atoms with Gasteiger partial charge >= 0.3 is 0 Å². The molecule has 0 radical (unpaired) electrons. The maximum absolute atomic E-state index is 6.00. The topological polar surface area (TPSA) is 65.2 Å².